The number of halogens is 1. The van der Waals surface area contributed by atoms with Crippen molar-refractivity contribution in [3.05, 3.63) is 101 Å². The van der Waals surface area contributed by atoms with Crippen molar-refractivity contribution in [1.29, 1.82) is 0 Å². The summed E-state index contributed by atoms with van der Waals surface area (Å²) in [6, 6.07) is 23.3. The third kappa shape index (κ3) is 7.67. The molecule has 2 atom stereocenters. The van der Waals surface area contributed by atoms with E-state index >= 15 is 0 Å². The lowest BCUT2D eigenvalue weighted by Crippen LogP contribution is -2.53. The number of benzene rings is 3. The van der Waals surface area contributed by atoms with Gasteiger partial charge in [-0.25, -0.2) is 0 Å². The van der Waals surface area contributed by atoms with Gasteiger partial charge in [0.25, 0.3) is 5.91 Å². The maximum atomic E-state index is 13.7. The molecule has 0 bridgehead atoms. The summed E-state index contributed by atoms with van der Waals surface area (Å²) in [5.41, 5.74) is 9.22. The van der Waals surface area contributed by atoms with Gasteiger partial charge in [0.1, 0.15) is 5.75 Å². The Labute approximate surface area is 230 Å². The van der Waals surface area contributed by atoms with Gasteiger partial charge in [0.05, 0.1) is 18.7 Å². The number of carbonyl (C=O) groups excluding carboxylic acids is 2. The fourth-order valence-electron chi connectivity index (χ4n) is 4.99. The smallest absolute Gasteiger partial charge is 0.252 e. The lowest BCUT2D eigenvalue weighted by atomic mass is 9.84. The van der Waals surface area contributed by atoms with Crippen molar-refractivity contribution < 1.29 is 14.3 Å². The third-order valence-electron chi connectivity index (χ3n) is 7.13. The topological polar surface area (TPSA) is 84.7 Å². The molecular formula is C31H36ClN3O3. The first kappa shape index (κ1) is 27.8. The Kier molecular flexibility index (Phi) is 9.93. The van der Waals surface area contributed by atoms with E-state index in [4.69, 9.17) is 22.1 Å². The zero-order valence-electron chi connectivity index (χ0n) is 21.8. The van der Waals surface area contributed by atoms with E-state index in [1.54, 1.807) is 18.2 Å². The normalized spacial score (nSPS) is 16.0. The number of likely N-dealkylation sites (tertiary alicyclic amines) is 1. The number of rotatable bonds is 11. The SMILES string of the molecule is CCOc1cccc(C(=O)N[C@H](Cc2ccccc2)C(=O)C(N)C2CCN(Cc3ccc(Cl)cc3)CC2)c1. The average molecular weight is 534 g/mol. The number of Topliss-reactive ketones (excluding diaryl/α,β-unsaturated/α-hetero) is 1. The first-order chi connectivity index (χ1) is 18.4. The number of nitrogens with two attached hydrogens (primary N) is 1. The second kappa shape index (κ2) is 13.6. The molecule has 1 aliphatic rings. The minimum Gasteiger partial charge on any atom is -0.494 e. The molecule has 1 fully saturated rings. The predicted octanol–water partition coefficient (Wildman–Crippen LogP) is 4.89. The Bertz CT molecular complexity index is 1190. The maximum Gasteiger partial charge on any atom is 0.252 e. The molecule has 3 N–H and O–H groups in total. The molecule has 3 aromatic rings. The summed E-state index contributed by atoms with van der Waals surface area (Å²) in [6.45, 7) is 4.99. The van der Waals surface area contributed by atoms with Crippen molar-refractivity contribution in [1.82, 2.24) is 10.2 Å². The van der Waals surface area contributed by atoms with Crippen LogP contribution < -0.4 is 15.8 Å². The second-order valence-corrected chi connectivity index (χ2v) is 10.3. The Morgan fingerprint density at radius 1 is 1.00 bits per heavy atom. The Balaban J connectivity index is 1.41. The summed E-state index contributed by atoms with van der Waals surface area (Å²) < 4.78 is 5.54. The highest BCUT2D eigenvalue weighted by atomic mass is 35.5. The van der Waals surface area contributed by atoms with Crippen molar-refractivity contribution in [2.24, 2.45) is 11.7 Å². The molecule has 200 valence electrons. The fraction of sp³-hybridized carbons (Fsp3) is 0.355. The number of nitrogens with one attached hydrogen (secondary N) is 1. The molecule has 0 aliphatic carbocycles. The number of ether oxygens (including phenoxy) is 1. The number of hydrogen-bond acceptors (Lipinski definition) is 5. The van der Waals surface area contributed by atoms with Gasteiger partial charge in [-0.05, 0) is 86.7 Å². The van der Waals surface area contributed by atoms with Crippen LogP contribution in [0.1, 0.15) is 41.3 Å². The molecule has 0 spiro atoms. The highest BCUT2D eigenvalue weighted by molar-refractivity contribution is 6.30. The molecule has 1 heterocycles. The van der Waals surface area contributed by atoms with Crippen LogP contribution in [0.2, 0.25) is 5.02 Å². The molecule has 1 amide bonds. The number of ketones is 1. The van der Waals surface area contributed by atoms with E-state index in [0.29, 0.717) is 24.3 Å². The van der Waals surface area contributed by atoms with Gasteiger partial charge in [-0.15, -0.1) is 0 Å². The summed E-state index contributed by atoms with van der Waals surface area (Å²) >= 11 is 6.01. The molecule has 0 radical (unpaired) electrons. The summed E-state index contributed by atoms with van der Waals surface area (Å²) in [5, 5.41) is 3.70. The van der Waals surface area contributed by atoms with Crippen LogP contribution in [-0.2, 0) is 17.8 Å². The van der Waals surface area contributed by atoms with Gasteiger partial charge in [-0.3, -0.25) is 14.5 Å². The van der Waals surface area contributed by atoms with Crippen LogP contribution in [0.3, 0.4) is 0 Å². The van der Waals surface area contributed by atoms with Gasteiger partial charge in [-0.1, -0.05) is 60.1 Å². The number of nitrogens with zero attached hydrogens (tertiary/aromatic N) is 1. The van der Waals surface area contributed by atoms with Crippen LogP contribution in [0.5, 0.6) is 5.75 Å². The maximum absolute atomic E-state index is 13.7. The van der Waals surface area contributed by atoms with Crippen molar-refractivity contribution >= 4 is 23.3 Å². The summed E-state index contributed by atoms with van der Waals surface area (Å²) in [6.07, 6.45) is 2.06. The molecule has 3 aromatic carbocycles. The van der Waals surface area contributed by atoms with E-state index in [0.717, 1.165) is 43.1 Å². The van der Waals surface area contributed by atoms with Crippen LogP contribution >= 0.6 is 11.6 Å². The first-order valence-electron chi connectivity index (χ1n) is 13.3. The van der Waals surface area contributed by atoms with Crippen molar-refractivity contribution in [3.8, 4) is 5.75 Å². The molecule has 1 aliphatic heterocycles. The molecule has 6 nitrogen and oxygen atoms in total. The molecule has 4 rings (SSSR count). The molecule has 1 unspecified atom stereocenters. The minimum absolute atomic E-state index is 0.0698. The average Bonchev–Trinajstić information content (AvgIpc) is 2.94. The van der Waals surface area contributed by atoms with Crippen LogP contribution in [0.25, 0.3) is 0 Å². The zero-order chi connectivity index (χ0) is 26.9. The Morgan fingerprint density at radius 2 is 1.71 bits per heavy atom. The van der Waals surface area contributed by atoms with Crippen LogP contribution in [0, 0.1) is 5.92 Å². The number of carbonyl (C=O) groups is 2. The van der Waals surface area contributed by atoms with Crippen molar-refractivity contribution in [2.75, 3.05) is 19.7 Å². The van der Waals surface area contributed by atoms with E-state index in [1.165, 1.54) is 5.56 Å². The van der Waals surface area contributed by atoms with Gasteiger partial charge < -0.3 is 15.8 Å². The summed E-state index contributed by atoms with van der Waals surface area (Å²) in [7, 11) is 0. The molecule has 0 saturated carbocycles. The van der Waals surface area contributed by atoms with E-state index in [1.807, 2.05) is 67.6 Å². The Morgan fingerprint density at radius 3 is 2.39 bits per heavy atom. The highest BCUT2D eigenvalue weighted by Crippen LogP contribution is 2.23. The summed E-state index contributed by atoms with van der Waals surface area (Å²) in [5.74, 6) is 0.249. The van der Waals surface area contributed by atoms with Crippen LogP contribution in [-0.4, -0.2) is 48.4 Å². The van der Waals surface area contributed by atoms with Gasteiger partial charge in [-0.2, -0.15) is 0 Å². The lowest BCUT2D eigenvalue weighted by Gasteiger charge is -2.35. The molecule has 1 saturated heterocycles. The zero-order valence-corrected chi connectivity index (χ0v) is 22.6. The number of amides is 1. The van der Waals surface area contributed by atoms with E-state index in [9.17, 15) is 9.59 Å². The Hall–Kier alpha value is -3.19. The quantitative estimate of drug-likeness (QED) is 0.366. The molecule has 38 heavy (non-hydrogen) atoms. The van der Waals surface area contributed by atoms with E-state index < -0.39 is 12.1 Å². The van der Waals surface area contributed by atoms with E-state index in [2.05, 4.69) is 10.2 Å². The number of hydrogen-bond donors (Lipinski definition) is 2. The summed E-state index contributed by atoms with van der Waals surface area (Å²) in [4.78, 5) is 29.2. The first-order valence-corrected chi connectivity index (χ1v) is 13.6. The fourth-order valence-corrected chi connectivity index (χ4v) is 5.12. The van der Waals surface area contributed by atoms with Crippen LogP contribution in [0.15, 0.2) is 78.9 Å². The number of piperidine rings is 1. The minimum atomic E-state index is -0.720. The predicted molar refractivity (Wildman–Crippen MR) is 151 cm³/mol. The molecule has 0 aromatic heterocycles. The second-order valence-electron chi connectivity index (χ2n) is 9.84. The van der Waals surface area contributed by atoms with Crippen molar-refractivity contribution in [3.63, 3.8) is 0 Å². The third-order valence-corrected chi connectivity index (χ3v) is 7.38. The molecule has 7 heteroatoms. The largest absolute Gasteiger partial charge is 0.494 e. The molecular weight excluding hydrogens is 498 g/mol. The highest BCUT2D eigenvalue weighted by Gasteiger charge is 2.33. The lowest BCUT2D eigenvalue weighted by molar-refractivity contribution is -0.123. The standard InChI is InChI=1S/C31H36ClN3O3/c1-2-38-27-10-6-9-25(20-27)31(37)34-28(19-22-7-4-3-5-8-22)30(36)29(33)24-15-17-35(18-16-24)21-23-11-13-26(32)14-12-23/h3-14,20,24,28-29H,2,15-19,21,33H2,1H3,(H,34,37)/t28-,29?/m1/s1. The van der Waals surface area contributed by atoms with Gasteiger partial charge in [0.2, 0.25) is 0 Å². The van der Waals surface area contributed by atoms with Crippen molar-refractivity contribution in [2.45, 2.75) is 44.8 Å². The van der Waals surface area contributed by atoms with Gasteiger partial charge >= 0.3 is 0 Å². The monoisotopic (exact) mass is 533 g/mol. The van der Waals surface area contributed by atoms with Gasteiger partial charge in [0, 0.05) is 17.1 Å². The van der Waals surface area contributed by atoms with Gasteiger partial charge in [0.15, 0.2) is 5.78 Å². The van der Waals surface area contributed by atoms with Crippen LogP contribution in [0.4, 0.5) is 0 Å². The van der Waals surface area contributed by atoms with E-state index in [-0.39, 0.29) is 17.6 Å².